The number of hydrogen-bond donors (Lipinski definition) is 0. The lowest BCUT2D eigenvalue weighted by atomic mass is 10.1. The maximum atomic E-state index is 12.8. The van der Waals surface area contributed by atoms with Crippen LogP contribution in [0.4, 0.5) is 35.9 Å². The predicted octanol–water partition coefficient (Wildman–Crippen LogP) is 11.6. The van der Waals surface area contributed by atoms with Gasteiger partial charge in [-0.05, 0) is 59.7 Å². The van der Waals surface area contributed by atoms with Gasteiger partial charge in [0.25, 0.3) is 15.6 Å². The minimum Gasteiger partial charge on any atom is -0.486 e. The molecule has 0 aliphatic carbocycles. The summed E-state index contributed by atoms with van der Waals surface area (Å²) >= 11 is 5.42. The van der Waals surface area contributed by atoms with Crippen molar-refractivity contribution in [3.63, 3.8) is 0 Å². The second-order valence-corrected chi connectivity index (χ2v) is 15.4. The molecular weight excluding hydrogens is 892 g/mol. The van der Waals surface area contributed by atoms with Crippen LogP contribution in [-0.4, -0.2) is 76.0 Å². The zero-order valence-electron chi connectivity index (χ0n) is 31.9. The fraction of sp³-hybridized carbons (Fsp3) is 0.350. The summed E-state index contributed by atoms with van der Waals surface area (Å²) in [7, 11) is 3.31. The van der Waals surface area contributed by atoms with Crippen molar-refractivity contribution in [2.75, 3.05) is 50.6 Å². The third-order valence-corrected chi connectivity index (χ3v) is 11.0. The van der Waals surface area contributed by atoms with Gasteiger partial charge >= 0.3 is 12.4 Å². The Bertz CT molecular complexity index is 1870. The number of halogens is 7. The highest BCUT2D eigenvalue weighted by Crippen LogP contribution is 2.33. The molecule has 0 aliphatic heterocycles. The van der Waals surface area contributed by atoms with Gasteiger partial charge in [0, 0.05) is 56.9 Å². The Morgan fingerprint density at radius 2 is 1.03 bits per heavy atom. The van der Waals surface area contributed by atoms with Gasteiger partial charge in [-0.15, -0.1) is 10.1 Å². The molecule has 0 aliphatic rings. The number of ether oxygens (including phenoxy) is 2. The summed E-state index contributed by atoms with van der Waals surface area (Å²) in [6.45, 7) is 0.581. The van der Waals surface area contributed by atoms with Crippen LogP contribution in [0.5, 0.6) is 11.5 Å². The molecule has 0 saturated carbocycles. The quantitative estimate of drug-likeness (QED) is 0.0316. The van der Waals surface area contributed by atoms with Gasteiger partial charge in [-0.25, -0.2) is 0 Å². The molecular formula is C40H42BrF6N3O7S2. The van der Waals surface area contributed by atoms with Crippen LogP contribution >= 0.6 is 39.5 Å². The third kappa shape index (κ3) is 18.0. The minimum atomic E-state index is -4.43. The van der Waals surface area contributed by atoms with Crippen LogP contribution in [0.25, 0.3) is 0 Å². The van der Waals surface area contributed by atoms with Gasteiger partial charge in [-0.2, -0.15) is 26.3 Å². The van der Waals surface area contributed by atoms with E-state index in [4.69, 9.17) is 9.47 Å². The first-order chi connectivity index (χ1) is 28.0. The SMILES string of the molecule is CN(CCC(Oc1ccc(C(F)(F)F)cc1)c1ccccc1)C(=O)SCCBr.CN(CCC(Oc1ccc(C(F)(F)F)cc1)c1ccccc1)C(=O)SCCO[N+](=O)[O-]. The van der Waals surface area contributed by atoms with Gasteiger partial charge in [0.15, 0.2) is 0 Å². The summed E-state index contributed by atoms with van der Waals surface area (Å²) in [6.07, 6.45) is -8.78. The Labute approximate surface area is 354 Å². The van der Waals surface area contributed by atoms with E-state index < -0.39 is 34.7 Å². The van der Waals surface area contributed by atoms with Gasteiger partial charge in [0.05, 0.1) is 11.1 Å². The zero-order valence-corrected chi connectivity index (χ0v) is 35.1. The first-order valence-electron chi connectivity index (χ1n) is 17.8. The maximum Gasteiger partial charge on any atom is 0.416 e. The van der Waals surface area contributed by atoms with Crippen LogP contribution in [-0.2, 0) is 17.2 Å². The molecule has 0 radical (unpaired) electrons. The van der Waals surface area contributed by atoms with Gasteiger partial charge in [0.2, 0.25) is 0 Å². The van der Waals surface area contributed by atoms with Gasteiger partial charge in [-0.3, -0.25) is 9.59 Å². The van der Waals surface area contributed by atoms with Crippen LogP contribution in [0.15, 0.2) is 109 Å². The van der Waals surface area contributed by atoms with Gasteiger partial charge in [-0.1, -0.05) is 100 Å². The van der Waals surface area contributed by atoms with E-state index in [1.807, 2.05) is 60.7 Å². The molecule has 320 valence electrons. The number of amides is 2. The normalized spacial score (nSPS) is 12.3. The first-order valence-corrected chi connectivity index (χ1v) is 20.9. The van der Waals surface area contributed by atoms with E-state index in [-0.39, 0.29) is 34.7 Å². The van der Waals surface area contributed by atoms with E-state index in [2.05, 4.69) is 20.8 Å². The monoisotopic (exact) mass is 933 g/mol. The number of rotatable bonds is 18. The highest BCUT2D eigenvalue weighted by atomic mass is 79.9. The highest BCUT2D eigenvalue weighted by Gasteiger charge is 2.31. The van der Waals surface area contributed by atoms with E-state index in [1.165, 1.54) is 40.9 Å². The lowest BCUT2D eigenvalue weighted by Gasteiger charge is -2.23. The molecule has 0 aromatic heterocycles. The molecule has 0 bridgehead atoms. The molecule has 2 atom stereocenters. The van der Waals surface area contributed by atoms with Crippen LogP contribution in [0, 0.1) is 10.1 Å². The van der Waals surface area contributed by atoms with Gasteiger partial charge in [0.1, 0.15) is 30.3 Å². The van der Waals surface area contributed by atoms with Crippen molar-refractivity contribution in [2.24, 2.45) is 0 Å². The molecule has 0 saturated heterocycles. The molecule has 2 unspecified atom stereocenters. The standard InChI is InChI=1S/C20H21BrF3NO2S.C20H21F3N2O5S/c1-25(19(26)28-14-12-21)13-11-18(15-5-3-2-4-6-15)27-17-9-7-16(8-10-17)20(22,23)24;1-24(19(26)31-14-13-29-25(27)28)12-11-18(15-5-3-2-4-6-15)30-17-9-7-16(8-10-17)20(21,22)23/h2-10,18H,11-14H2,1H3;2-10,18H,11-14H2,1H3. The summed E-state index contributed by atoms with van der Waals surface area (Å²) in [5.74, 6) is 1.45. The number of nitrogens with zero attached hydrogens (tertiary/aromatic N) is 3. The summed E-state index contributed by atoms with van der Waals surface area (Å²) in [5.41, 5.74) is 0.233. The Kier molecular flexibility index (Phi) is 20.2. The van der Waals surface area contributed by atoms with Crippen LogP contribution < -0.4 is 9.47 Å². The van der Waals surface area contributed by atoms with E-state index in [0.29, 0.717) is 37.4 Å². The van der Waals surface area contributed by atoms with Crippen LogP contribution in [0.1, 0.15) is 47.3 Å². The van der Waals surface area contributed by atoms with Crippen LogP contribution in [0.3, 0.4) is 0 Å². The number of benzene rings is 4. The lowest BCUT2D eigenvalue weighted by Crippen LogP contribution is -2.26. The summed E-state index contributed by atoms with van der Waals surface area (Å²) in [4.78, 5) is 41.6. The smallest absolute Gasteiger partial charge is 0.416 e. The lowest BCUT2D eigenvalue weighted by molar-refractivity contribution is -0.756. The van der Waals surface area contributed by atoms with Crippen LogP contribution in [0.2, 0.25) is 0 Å². The fourth-order valence-corrected chi connectivity index (χ4v) is 6.78. The Morgan fingerprint density at radius 1 is 0.661 bits per heavy atom. The summed E-state index contributed by atoms with van der Waals surface area (Å²) in [5, 5.41) is 9.62. The molecule has 19 heteroatoms. The molecule has 4 aromatic carbocycles. The zero-order chi connectivity index (χ0) is 43.4. The van der Waals surface area contributed by atoms with Crippen molar-refractivity contribution in [1.82, 2.24) is 9.80 Å². The van der Waals surface area contributed by atoms with Crippen molar-refractivity contribution in [2.45, 2.75) is 37.4 Å². The number of carbonyl (C=O) groups is 2. The molecule has 0 spiro atoms. The fourth-order valence-electron chi connectivity index (χ4n) is 5.09. The van der Waals surface area contributed by atoms with E-state index in [1.54, 1.807) is 19.0 Å². The number of hydrogen-bond acceptors (Lipinski definition) is 9. The molecule has 10 nitrogen and oxygen atoms in total. The minimum absolute atomic E-state index is 0.0270. The Morgan fingerprint density at radius 3 is 1.37 bits per heavy atom. The van der Waals surface area contributed by atoms with Crippen molar-refractivity contribution in [3.05, 3.63) is 142 Å². The summed E-state index contributed by atoms with van der Waals surface area (Å²) in [6, 6.07) is 27.6. The highest BCUT2D eigenvalue weighted by molar-refractivity contribution is 9.09. The Hall–Kier alpha value is -4.62. The second-order valence-electron chi connectivity index (χ2n) is 12.5. The third-order valence-electron chi connectivity index (χ3n) is 8.15. The average molecular weight is 935 g/mol. The summed E-state index contributed by atoms with van der Waals surface area (Å²) < 4.78 is 88.4. The van der Waals surface area contributed by atoms with Crippen molar-refractivity contribution >= 4 is 49.9 Å². The number of carbonyl (C=O) groups excluding carboxylic acids is 2. The molecule has 59 heavy (non-hydrogen) atoms. The van der Waals surface area contributed by atoms with E-state index >= 15 is 0 Å². The maximum absolute atomic E-state index is 12.8. The van der Waals surface area contributed by atoms with Crippen molar-refractivity contribution in [1.29, 1.82) is 0 Å². The molecule has 4 rings (SSSR count). The second kappa shape index (κ2) is 24.5. The molecule has 0 N–H and O–H groups in total. The topological polar surface area (TPSA) is 111 Å². The molecule has 2 amide bonds. The average Bonchev–Trinajstić information content (AvgIpc) is 3.21. The number of alkyl halides is 7. The first kappa shape index (κ1) is 48.7. The van der Waals surface area contributed by atoms with Gasteiger partial charge < -0.3 is 24.1 Å². The van der Waals surface area contributed by atoms with E-state index in [9.17, 15) is 46.0 Å². The van der Waals surface area contributed by atoms with E-state index in [0.717, 1.165) is 52.5 Å². The van der Waals surface area contributed by atoms with Crippen molar-refractivity contribution in [3.8, 4) is 11.5 Å². The number of thioether (sulfide) groups is 2. The predicted molar refractivity (Wildman–Crippen MR) is 219 cm³/mol. The Balaban J connectivity index is 0.000000317. The van der Waals surface area contributed by atoms with Crippen molar-refractivity contribution < 1.29 is 55.3 Å². The molecule has 0 fully saturated rings. The largest absolute Gasteiger partial charge is 0.486 e. The molecule has 0 heterocycles. The molecule has 4 aromatic rings.